The van der Waals surface area contributed by atoms with Gasteiger partial charge < -0.3 is 0 Å². The van der Waals surface area contributed by atoms with E-state index in [1.54, 1.807) is 0 Å². The third-order valence-electron chi connectivity index (χ3n) is 8.84. The quantitative estimate of drug-likeness (QED) is 0.476. The zero-order valence-electron chi connectivity index (χ0n) is 19.4. The lowest BCUT2D eigenvalue weighted by atomic mass is 9.49. The van der Waals surface area contributed by atoms with Crippen molar-refractivity contribution in [2.45, 2.75) is 109 Å². The SMILES string of the molecule is CC(C)(C)C1CC(C(C)(C)C(C)(C)C)CC(C(C)(C)C(C)(C)C)C1. The Morgan fingerprint density at radius 2 is 0.667 bits per heavy atom. The molecule has 1 fully saturated rings. The Balaban J connectivity index is 3.26. The molecule has 144 valence electrons. The smallest absolute Gasteiger partial charge is 0.0277 e. The van der Waals surface area contributed by atoms with E-state index in [1.165, 1.54) is 19.3 Å². The molecule has 0 heteroatoms. The largest absolute Gasteiger partial charge is 0.0599 e. The van der Waals surface area contributed by atoms with Gasteiger partial charge in [-0.25, -0.2) is 0 Å². The zero-order chi connectivity index (χ0) is 19.4. The van der Waals surface area contributed by atoms with Crippen LogP contribution in [0.1, 0.15) is 109 Å². The normalized spacial score (nSPS) is 28.1. The molecule has 0 nitrogen and oxygen atoms in total. The van der Waals surface area contributed by atoms with Gasteiger partial charge in [0.15, 0.2) is 0 Å². The summed E-state index contributed by atoms with van der Waals surface area (Å²) in [7, 11) is 0. The summed E-state index contributed by atoms with van der Waals surface area (Å²) in [6, 6.07) is 0. The fraction of sp³-hybridized carbons (Fsp3) is 1.00. The molecule has 0 bridgehead atoms. The fourth-order valence-corrected chi connectivity index (χ4v) is 4.43. The summed E-state index contributed by atoms with van der Waals surface area (Å²) in [6.45, 7) is 32.2. The van der Waals surface area contributed by atoms with Crippen LogP contribution < -0.4 is 0 Å². The number of hydrogen-bond acceptors (Lipinski definition) is 0. The average molecular weight is 337 g/mol. The van der Waals surface area contributed by atoms with Crippen molar-refractivity contribution < 1.29 is 0 Å². The summed E-state index contributed by atoms with van der Waals surface area (Å²) in [6.07, 6.45) is 4.22. The van der Waals surface area contributed by atoms with Crippen molar-refractivity contribution in [3.8, 4) is 0 Å². The highest BCUT2D eigenvalue weighted by Gasteiger charge is 2.50. The van der Waals surface area contributed by atoms with Gasteiger partial charge in [-0.15, -0.1) is 0 Å². The van der Waals surface area contributed by atoms with Crippen molar-refractivity contribution in [3.05, 3.63) is 0 Å². The predicted molar refractivity (Wildman–Crippen MR) is 110 cm³/mol. The first-order valence-corrected chi connectivity index (χ1v) is 10.3. The van der Waals surface area contributed by atoms with Gasteiger partial charge in [-0.3, -0.25) is 0 Å². The molecular formula is C24H48. The lowest BCUT2D eigenvalue weighted by Gasteiger charge is -2.56. The molecule has 1 aliphatic rings. The molecule has 2 atom stereocenters. The maximum absolute atomic E-state index is 2.53. The van der Waals surface area contributed by atoms with Gasteiger partial charge in [-0.1, -0.05) is 90.0 Å². The first-order valence-electron chi connectivity index (χ1n) is 10.3. The van der Waals surface area contributed by atoms with E-state index in [4.69, 9.17) is 0 Å². The van der Waals surface area contributed by atoms with Crippen molar-refractivity contribution in [1.29, 1.82) is 0 Å². The highest BCUT2D eigenvalue weighted by molar-refractivity contribution is 5.00. The Kier molecular flexibility index (Phi) is 5.80. The summed E-state index contributed by atoms with van der Waals surface area (Å²) >= 11 is 0. The van der Waals surface area contributed by atoms with Gasteiger partial charge in [0, 0.05) is 0 Å². The Hall–Kier alpha value is 0. The Morgan fingerprint density at radius 3 is 0.875 bits per heavy atom. The molecule has 1 aliphatic carbocycles. The Bertz CT molecular complexity index is 382. The Labute approximate surface area is 154 Å². The number of rotatable bonds is 2. The van der Waals surface area contributed by atoms with E-state index < -0.39 is 0 Å². The van der Waals surface area contributed by atoms with E-state index >= 15 is 0 Å². The molecular weight excluding hydrogens is 288 g/mol. The van der Waals surface area contributed by atoms with Crippen molar-refractivity contribution in [2.24, 2.45) is 44.8 Å². The van der Waals surface area contributed by atoms with E-state index in [1.807, 2.05) is 0 Å². The van der Waals surface area contributed by atoms with Crippen LogP contribution in [0.3, 0.4) is 0 Å². The van der Waals surface area contributed by atoms with Crippen molar-refractivity contribution >= 4 is 0 Å². The molecule has 1 saturated carbocycles. The van der Waals surface area contributed by atoms with Crippen LogP contribution in [0.15, 0.2) is 0 Å². The molecule has 24 heavy (non-hydrogen) atoms. The molecule has 0 saturated heterocycles. The first kappa shape index (κ1) is 22.0. The monoisotopic (exact) mass is 336 g/mol. The van der Waals surface area contributed by atoms with Gasteiger partial charge in [-0.2, -0.15) is 0 Å². The van der Waals surface area contributed by atoms with E-state index in [0.29, 0.717) is 27.1 Å². The van der Waals surface area contributed by atoms with Crippen molar-refractivity contribution in [3.63, 3.8) is 0 Å². The lowest BCUT2D eigenvalue weighted by molar-refractivity contribution is -0.0673. The molecule has 0 aromatic heterocycles. The van der Waals surface area contributed by atoms with Crippen LogP contribution in [-0.4, -0.2) is 0 Å². The van der Waals surface area contributed by atoms with Gasteiger partial charge in [0.25, 0.3) is 0 Å². The molecule has 0 aromatic carbocycles. The van der Waals surface area contributed by atoms with Gasteiger partial charge in [0.2, 0.25) is 0 Å². The molecule has 0 N–H and O–H groups in total. The van der Waals surface area contributed by atoms with Gasteiger partial charge in [0.1, 0.15) is 0 Å². The van der Waals surface area contributed by atoms with E-state index in [0.717, 1.165) is 17.8 Å². The predicted octanol–water partition coefficient (Wildman–Crippen LogP) is 8.21. The molecule has 0 aliphatic heterocycles. The highest BCUT2D eigenvalue weighted by Crippen LogP contribution is 2.59. The van der Waals surface area contributed by atoms with Crippen molar-refractivity contribution in [1.82, 2.24) is 0 Å². The van der Waals surface area contributed by atoms with Crippen LogP contribution in [0.5, 0.6) is 0 Å². The average Bonchev–Trinajstić information content (AvgIpc) is 2.34. The third-order valence-corrected chi connectivity index (χ3v) is 8.84. The standard InChI is InChI=1S/C24H48/c1-20(2,3)17-14-18(23(10,11)21(4,5)6)16-19(15-17)24(12,13)22(7,8)9/h17-19H,14-16H2,1-13H3. The van der Waals surface area contributed by atoms with E-state index in [9.17, 15) is 0 Å². The van der Waals surface area contributed by atoms with Gasteiger partial charge in [-0.05, 0) is 64.1 Å². The van der Waals surface area contributed by atoms with Crippen LogP contribution in [0, 0.1) is 44.8 Å². The summed E-state index contributed by atoms with van der Waals surface area (Å²) in [5.74, 6) is 2.48. The number of hydrogen-bond donors (Lipinski definition) is 0. The molecule has 0 amide bonds. The van der Waals surface area contributed by atoms with E-state index in [2.05, 4.69) is 90.0 Å². The maximum atomic E-state index is 2.53. The second-order valence-electron chi connectivity index (χ2n) is 13.1. The summed E-state index contributed by atoms with van der Waals surface area (Å²) in [4.78, 5) is 0. The lowest BCUT2D eigenvalue weighted by Crippen LogP contribution is -2.48. The van der Waals surface area contributed by atoms with Crippen LogP contribution in [0.25, 0.3) is 0 Å². The molecule has 0 heterocycles. The van der Waals surface area contributed by atoms with Crippen LogP contribution in [0.4, 0.5) is 0 Å². The molecule has 0 radical (unpaired) electrons. The fourth-order valence-electron chi connectivity index (χ4n) is 4.43. The van der Waals surface area contributed by atoms with E-state index in [-0.39, 0.29) is 0 Å². The molecule has 2 unspecified atom stereocenters. The first-order chi connectivity index (χ1) is 10.3. The Morgan fingerprint density at radius 1 is 0.417 bits per heavy atom. The van der Waals surface area contributed by atoms with Crippen molar-refractivity contribution in [2.75, 3.05) is 0 Å². The molecule has 1 rings (SSSR count). The van der Waals surface area contributed by atoms with Gasteiger partial charge >= 0.3 is 0 Å². The third kappa shape index (κ3) is 4.21. The maximum Gasteiger partial charge on any atom is -0.0277 e. The second kappa shape index (κ2) is 6.31. The summed E-state index contributed by atoms with van der Waals surface area (Å²) in [5.41, 5.74) is 1.88. The minimum absolute atomic E-state index is 0.355. The highest BCUT2D eigenvalue weighted by atomic mass is 14.6. The second-order valence-corrected chi connectivity index (χ2v) is 13.1. The van der Waals surface area contributed by atoms with Gasteiger partial charge in [0.05, 0.1) is 0 Å². The topological polar surface area (TPSA) is 0 Å². The summed E-state index contributed by atoms with van der Waals surface area (Å²) in [5, 5.41) is 0. The zero-order valence-corrected chi connectivity index (χ0v) is 19.4. The molecule has 0 aromatic rings. The van der Waals surface area contributed by atoms with Crippen LogP contribution in [0.2, 0.25) is 0 Å². The summed E-state index contributed by atoms with van der Waals surface area (Å²) < 4.78 is 0. The minimum Gasteiger partial charge on any atom is -0.0599 e. The van der Waals surface area contributed by atoms with Crippen LogP contribution >= 0.6 is 0 Å². The molecule has 0 spiro atoms. The van der Waals surface area contributed by atoms with Crippen LogP contribution in [-0.2, 0) is 0 Å². The minimum atomic E-state index is 0.355.